The van der Waals surface area contributed by atoms with E-state index < -0.39 is 5.60 Å². The number of hydrogen-bond acceptors (Lipinski definition) is 3. The quantitative estimate of drug-likeness (QED) is 0.498. The van der Waals surface area contributed by atoms with Gasteiger partial charge < -0.3 is 5.11 Å². The van der Waals surface area contributed by atoms with Gasteiger partial charge in [-0.3, -0.25) is 0 Å². The molecule has 2 saturated carbocycles. The van der Waals surface area contributed by atoms with Gasteiger partial charge in [-0.2, -0.15) is 0 Å². The van der Waals surface area contributed by atoms with Gasteiger partial charge in [0.15, 0.2) is 0 Å². The molecule has 2 aliphatic rings. The predicted molar refractivity (Wildman–Crippen MR) is 108 cm³/mol. The lowest BCUT2D eigenvalue weighted by atomic mass is 9.78. The molecule has 0 aromatic heterocycles. The summed E-state index contributed by atoms with van der Waals surface area (Å²) in [5.41, 5.74) is -0.393. The molecule has 132 valence electrons. The molecule has 0 spiro atoms. The summed E-state index contributed by atoms with van der Waals surface area (Å²) in [6.45, 7) is 0. The Labute approximate surface area is 159 Å². The summed E-state index contributed by atoms with van der Waals surface area (Å²) in [6.07, 6.45) is 6.87. The Morgan fingerprint density at radius 1 is 0.880 bits per heavy atom. The molecular formula is C22H26OS2. The number of hydrogen-bond donors (Lipinski definition) is 1. The van der Waals surface area contributed by atoms with E-state index in [1.165, 1.54) is 35.5 Å². The third-order valence-electron chi connectivity index (χ3n) is 5.75. The van der Waals surface area contributed by atoms with Gasteiger partial charge in [-0.15, -0.1) is 23.5 Å². The molecule has 0 unspecified atom stereocenters. The van der Waals surface area contributed by atoms with Crippen LogP contribution in [0.25, 0.3) is 0 Å². The summed E-state index contributed by atoms with van der Waals surface area (Å²) >= 11 is 3.95. The summed E-state index contributed by atoms with van der Waals surface area (Å²) in [4.78, 5) is 2.66. The van der Waals surface area contributed by atoms with Crippen LogP contribution in [0.3, 0.4) is 0 Å². The first kappa shape index (κ1) is 17.5. The predicted octanol–water partition coefficient (Wildman–Crippen LogP) is 6.23. The van der Waals surface area contributed by atoms with Crippen LogP contribution in [-0.2, 0) is 0 Å². The van der Waals surface area contributed by atoms with Gasteiger partial charge in [0.05, 0.1) is 10.2 Å². The van der Waals surface area contributed by atoms with E-state index in [-0.39, 0.29) is 0 Å². The highest BCUT2D eigenvalue weighted by atomic mass is 32.2. The lowest BCUT2D eigenvalue weighted by Crippen LogP contribution is -2.36. The van der Waals surface area contributed by atoms with Crippen LogP contribution in [-0.4, -0.2) is 15.3 Å². The van der Waals surface area contributed by atoms with E-state index >= 15 is 0 Å². The average Bonchev–Trinajstić information content (AvgIpc) is 3.00. The van der Waals surface area contributed by atoms with Crippen molar-refractivity contribution in [3.8, 4) is 0 Å². The molecule has 2 aliphatic carbocycles. The highest BCUT2D eigenvalue weighted by molar-refractivity contribution is 8.17. The number of benzene rings is 2. The van der Waals surface area contributed by atoms with Gasteiger partial charge in [-0.1, -0.05) is 49.2 Å². The van der Waals surface area contributed by atoms with Crippen molar-refractivity contribution in [2.45, 2.75) is 58.5 Å². The lowest BCUT2D eigenvalue weighted by molar-refractivity contribution is -0.0281. The molecule has 0 aliphatic heterocycles. The molecule has 1 N–H and O–H groups in total. The maximum absolute atomic E-state index is 11.1. The maximum atomic E-state index is 11.1. The average molecular weight is 371 g/mol. The molecule has 0 heterocycles. The van der Waals surface area contributed by atoms with Crippen LogP contribution < -0.4 is 0 Å². The van der Waals surface area contributed by atoms with Crippen LogP contribution in [0.5, 0.6) is 0 Å². The number of thioether (sulfide) groups is 2. The first-order chi connectivity index (χ1) is 12.2. The van der Waals surface area contributed by atoms with Gasteiger partial charge in [0.25, 0.3) is 0 Å². The Morgan fingerprint density at radius 2 is 1.48 bits per heavy atom. The van der Waals surface area contributed by atoms with E-state index in [1.807, 2.05) is 23.5 Å². The number of aliphatic hydroxyl groups is 1. The Morgan fingerprint density at radius 3 is 2.04 bits per heavy atom. The third-order valence-corrected chi connectivity index (χ3v) is 8.65. The molecule has 0 amide bonds. The fourth-order valence-electron chi connectivity index (χ4n) is 4.49. The van der Waals surface area contributed by atoms with Crippen molar-refractivity contribution in [3.63, 3.8) is 0 Å². The van der Waals surface area contributed by atoms with Crippen molar-refractivity contribution >= 4 is 23.5 Å². The molecule has 3 heteroatoms. The largest absolute Gasteiger partial charge is 0.390 e. The van der Waals surface area contributed by atoms with E-state index in [4.69, 9.17) is 0 Å². The number of rotatable bonds is 5. The van der Waals surface area contributed by atoms with Crippen LogP contribution in [0.2, 0.25) is 0 Å². The van der Waals surface area contributed by atoms with Crippen molar-refractivity contribution < 1.29 is 5.11 Å². The molecule has 1 nitrogen and oxygen atoms in total. The van der Waals surface area contributed by atoms with Crippen molar-refractivity contribution in [1.29, 1.82) is 0 Å². The molecule has 4 rings (SSSR count). The van der Waals surface area contributed by atoms with E-state index in [0.717, 1.165) is 12.8 Å². The van der Waals surface area contributed by atoms with Gasteiger partial charge in [0, 0.05) is 9.79 Å². The van der Waals surface area contributed by atoms with Crippen molar-refractivity contribution in [3.05, 3.63) is 60.7 Å². The van der Waals surface area contributed by atoms with Crippen LogP contribution in [0, 0.1) is 11.8 Å². The fourth-order valence-corrected chi connectivity index (χ4v) is 7.32. The van der Waals surface area contributed by atoms with Crippen molar-refractivity contribution in [1.82, 2.24) is 0 Å². The summed E-state index contributed by atoms with van der Waals surface area (Å²) < 4.78 is 0.458. The topological polar surface area (TPSA) is 20.2 Å². The smallest absolute Gasteiger partial charge is 0.0679 e. The van der Waals surface area contributed by atoms with Gasteiger partial charge in [0.2, 0.25) is 0 Å². The maximum Gasteiger partial charge on any atom is 0.0679 e. The van der Waals surface area contributed by atoms with E-state index in [2.05, 4.69) is 60.7 Å². The zero-order valence-corrected chi connectivity index (χ0v) is 16.1. The molecule has 2 aromatic carbocycles. The second-order valence-corrected chi connectivity index (χ2v) is 10.2. The molecule has 0 saturated heterocycles. The second-order valence-electron chi connectivity index (χ2n) is 7.48. The van der Waals surface area contributed by atoms with Crippen molar-refractivity contribution in [2.75, 3.05) is 0 Å². The van der Waals surface area contributed by atoms with Crippen LogP contribution >= 0.6 is 23.5 Å². The summed E-state index contributed by atoms with van der Waals surface area (Å²) in [6, 6.07) is 21.5. The van der Waals surface area contributed by atoms with Gasteiger partial charge in [0.1, 0.15) is 0 Å². The molecule has 25 heavy (non-hydrogen) atoms. The van der Waals surface area contributed by atoms with Crippen LogP contribution in [0.15, 0.2) is 70.5 Å². The molecule has 2 aromatic rings. The van der Waals surface area contributed by atoms with Crippen LogP contribution in [0.4, 0.5) is 0 Å². The molecule has 0 radical (unpaired) electrons. The van der Waals surface area contributed by atoms with Crippen LogP contribution in [0.1, 0.15) is 38.5 Å². The van der Waals surface area contributed by atoms with Gasteiger partial charge in [-0.25, -0.2) is 0 Å². The molecule has 0 bridgehead atoms. The monoisotopic (exact) mass is 370 g/mol. The first-order valence-electron chi connectivity index (χ1n) is 9.39. The third kappa shape index (κ3) is 4.10. The summed E-state index contributed by atoms with van der Waals surface area (Å²) in [5.74, 6) is 1.09. The highest BCUT2D eigenvalue weighted by Gasteiger charge is 2.49. The van der Waals surface area contributed by atoms with E-state index in [0.29, 0.717) is 16.4 Å². The molecular weight excluding hydrogens is 344 g/mol. The first-order valence-corrected chi connectivity index (χ1v) is 11.1. The van der Waals surface area contributed by atoms with Gasteiger partial charge in [-0.05, 0) is 61.8 Å². The Balaban J connectivity index is 1.54. The zero-order chi connectivity index (χ0) is 17.1. The number of fused-ring (bicyclic) bond motifs is 1. The van der Waals surface area contributed by atoms with E-state index in [9.17, 15) is 5.11 Å². The second kappa shape index (κ2) is 7.77. The zero-order valence-electron chi connectivity index (χ0n) is 14.5. The summed E-state index contributed by atoms with van der Waals surface area (Å²) in [5, 5.41) is 11.1. The SMILES string of the molecule is O[C@]12CCCC[C@@H]1C[C@H](C(Sc1ccccc1)Sc1ccccc1)C2. The standard InChI is InChI=1S/C22H26OS2/c23-22-14-8-7-9-18(22)15-17(16-22)21(24-19-10-3-1-4-11-19)25-20-12-5-2-6-13-20/h1-6,10-13,17-18,21,23H,7-9,14-16H2/t17-,18+,22-/m0/s1. The Kier molecular flexibility index (Phi) is 5.44. The minimum absolute atomic E-state index is 0.393. The highest BCUT2D eigenvalue weighted by Crippen LogP contribution is 2.54. The van der Waals surface area contributed by atoms with Gasteiger partial charge >= 0.3 is 0 Å². The Hall–Kier alpha value is -0.900. The minimum Gasteiger partial charge on any atom is -0.390 e. The minimum atomic E-state index is -0.393. The lowest BCUT2D eigenvalue weighted by Gasteiger charge is -2.34. The fraction of sp³-hybridized carbons (Fsp3) is 0.455. The Bertz CT molecular complexity index is 633. The molecule has 2 fully saturated rings. The normalized spacial score (nSPS) is 28.9. The summed E-state index contributed by atoms with van der Waals surface area (Å²) in [7, 11) is 0. The van der Waals surface area contributed by atoms with E-state index in [1.54, 1.807) is 0 Å². The molecule has 3 atom stereocenters. The van der Waals surface area contributed by atoms with Crippen molar-refractivity contribution in [2.24, 2.45) is 11.8 Å².